The summed E-state index contributed by atoms with van der Waals surface area (Å²) in [5, 5.41) is 12.0. The van der Waals surface area contributed by atoms with Crippen LogP contribution >= 0.6 is 11.8 Å². The summed E-state index contributed by atoms with van der Waals surface area (Å²) in [6, 6.07) is 14.8. The number of carbonyl (C=O) groups excluding carboxylic acids is 2. The van der Waals surface area contributed by atoms with Gasteiger partial charge >= 0.3 is 0 Å². The molecular formula is C23H23N5O4S. The van der Waals surface area contributed by atoms with E-state index in [-0.39, 0.29) is 17.6 Å². The van der Waals surface area contributed by atoms with E-state index in [2.05, 4.69) is 15.5 Å². The van der Waals surface area contributed by atoms with E-state index in [9.17, 15) is 9.59 Å². The highest BCUT2D eigenvalue weighted by Crippen LogP contribution is 2.38. The fourth-order valence-electron chi connectivity index (χ4n) is 3.97. The fraction of sp³-hybridized carbons (Fsp3) is 0.304. The van der Waals surface area contributed by atoms with Crippen LogP contribution in [0.3, 0.4) is 0 Å². The number of para-hydroxylation sites is 4. The van der Waals surface area contributed by atoms with Crippen LogP contribution < -0.4 is 19.7 Å². The van der Waals surface area contributed by atoms with Crippen LogP contribution in [0.15, 0.2) is 53.7 Å². The highest BCUT2D eigenvalue weighted by atomic mass is 32.2. The van der Waals surface area contributed by atoms with Gasteiger partial charge in [-0.15, -0.1) is 10.2 Å². The van der Waals surface area contributed by atoms with E-state index in [1.54, 1.807) is 24.8 Å². The predicted octanol–water partition coefficient (Wildman–Crippen LogP) is 3.18. The Morgan fingerprint density at radius 3 is 2.70 bits per heavy atom. The Morgan fingerprint density at radius 1 is 1.15 bits per heavy atom. The van der Waals surface area contributed by atoms with E-state index in [0.29, 0.717) is 40.5 Å². The van der Waals surface area contributed by atoms with Gasteiger partial charge < -0.3 is 19.4 Å². The van der Waals surface area contributed by atoms with Crippen molar-refractivity contribution >= 4 is 35.0 Å². The van der Waals surface area contributed by atoms with E-state index < -0.39 is 11.6 Å². The molecule has 2 aliphatic rings. The summed E-state index contributed by atoms with van der Waals surface area (Å²) in [5.74, 6) is 1.65. The smallest absolute Gasteiger partial charge is 0.250 e. The molecule has 0 radical (unpaired) electrons. The third-order valence-electron chi connectivity index (χ3n) is 5.75. The molecule has 33 heavy (non-hydrogen) atoms. The van der Waals surface area contributed by atoms with Crippen LogP contribution in [0.5, 0.6) is 11.5 Å². The van der Waals surface area contributed by atoms with Crippen LogP contribution in [-0.2, 0) is 16.6 Å². The van der Waals surface area contributed by atoms with Gasteiger partial charge in [0.2, 0.25) is 11.8 Å². The molecule has 170 valence electrons. The van der Waals surface area contributed by atoms with Gasteiger partial charge in [-0.2, -0.15) is 0 Å². The number of nitrogens with one attached hydrogen (secondary N) is 1. The first-order chi connectivity index (χ1) is 15.9. The molecule has 5 rings (SSSR count). The number of amides is 2. The monoisotopic (exact) mass is 465 g/mol. The fourth-order valence-corrected chi connectivity index (χ4v) is 4.74. The van der Waals surface area contributed by atoms with Crippen molar-refractivity contribution in [3.8, 4) is 11.5 Å². The Bertz CT molecular complexity index is 1240. The average Bonchev–Trinajstić information content (AvgIpc) is 3.18. The zero-order valence-corrected chi connectivity index (χ0v) is 19.3. The van der Waals surface area contributed by atoms with E-state index in [1.165, 1.54) is 11.8 Å². The summed E-state index contributed by atoms with van der Waals surface area (Å²) >= 11 is 1.27. The number of thioether (sulfide) groups is 1. The third kappa shape index (κ3) is 3.70. The molecule has 1 unspecified atom stereocenters. The Balaban J connectivity index is 1.32. The molecule has 0 aliphatic carbocycles. The maximum Gasteiger partial charge on any atom is 0.250 e. The largest absolute Gasteiger partial charge is 0.485 e. The molecule has 1 N–H and O–H groups in total. The molecule has 10 heteroatoms. The number of benzene rings is 2. The molecule has 1 atom stereocenters. The molecule has 0 spiro atoms. The van der Waals surface area contributed by atoms with Crippen molar-refractivity contribution in [3.05, 3.63) is 54.4 Å². The van der Waals surface area contributed by atoms with Crippen molar-refractivity contribution in [3.63, 3.8) is 0 Å². The molecule has 2 aromatic carbocycles. The summed E-state index contributed by atoms with van der Waals surface area (Å²) in [6.45, 7) is 3.79. The molecule has 3 heterocycles. The number of aromatic nitrogens is 3. The highest BCUT2D eigenvalue weighted by molar-refractivity contribution is 7.99. The number of hydrogen-bond acceptors (Lipinski definition) is 7. The topological polar surface area (TPSA) is 98.6 Å². The molecule has 2 aliphatic heterocycles. The molecule has 9 nitrogen and oxygen atoms in total. The van der Waals surface area contributed by atoms with Gasteiger partial charge in [-0.05, 0) is 38.1 Å². The van der Waals surface area contributed by atoms with E-state index >= 15 is 0 Å². The molecule has 1 aromatic heterocycles. The van der Waals surface area contributed by atoms with E-state index in [4.69, 9.17) is 9.47 Å². The summed E-state index contributed by atoms with van der Waals surface area (Å²) in [6.07, 6.45) is -0.404. The van der Waals surface area contributed by atoms with Gasteiger partial charge in [0.15, 0.2) is 28.6 Å². The molecule has 2 amide bonds. The van der Waals surface area contributed by atoms with Gasteiger partial charge in [-0.3, -0.25) is 14.5 Å². The lowest BCUT2D eigenvalue weighted by Gasteiger charge is -2.42. The second-order valence-corrected chi connectivity index (χ2v) is 9.25. The minimum absolute atomic E-state index is 0.0991. The first-order valence-electron chi connectivity index (χ1n) is 10.5. The number of nitrogens with zero attached hydrogens (tertiary/aromatic N) is 4. The highest BCUT2D eigenvalue weighted by Gasteiger charge is 2.43. The maximum absolute atomic E-state index is 13.3. The van der Waals surface area contributed by atoms with Gasteiger partial charge in [-0.25, -0.2) is 0 Å². The summed E-state index contributed by atoms with van der Waals surface area (Å²) in [4.78, 5) is 27.5. The first-order valence-corrected chi connectivity index (χ1v) is 11.5. The second-order valence-electron chi connectivity index (χ2n) is 8.31. The number of carbonyl (C=O) groups is 2. The van der Waals surface area contributed by atoms with Gasteiger partial charge in [0.05, 0.1) is 17.1 Å². The summed E-state index contributed by atoms with van der Waals surface area (Å²) < 4.78 is 13.6. The third-order valence-corrected chi connectivity index (χ3v) is 6.75. The van der Waals surface area contributed by atoms with Crippen molar-refractivity contribution in [2.24, 2.45) is 7.05 Å². The quantitative estimate of drug-likeness (QED) is 0.591. The Morgan fingerprint density at radius 2 is 1.88 bits per heavy atom. The molecule has 0 fully saturated rings. The lowest BCUT2D eigenvalue weighted by atomic mass is 9.96. The zero-order chi connectivity index (χ0) is 23.2. The van der Waals surface area contributed by atoms with Gasteiger partial charge in [-0.1, -0.05) is 36.0 Å². The Kier molecular flexibility index (Phi) is 5.24. The number of ether oxygens (including phenoxy) is 2. The number of fused-ring (bicyclic) bond motifs is 2. The van der Waals surface area contributed by atoms with Crippen molar-refractivity contribution in [1.82, 2.24) is 14.8 Å². The SMILES string of the molecule is Cn1c(SCC(=O)N2c3ccccc3NC(=O)C2(C)C)nnc1C1COc2ccccc2O1. The van der Waals surface area contributed by atoms with Crippen molar-refractivity contribution in [2.75, 3.05) is 22.6 Å². The minimum atomic E-state index is -1.02. The van der Waals surface area contributed by atoms with Crippen LogP contribution in [-0.4, -0.2) is 44.5 Å². The normalized spacial score (nSPS) is 18.5. The second kappa shape index (κ2) is 8.11. The van der Waals surface area contributed by atoms with Crippen molar-refractivity contribution < 1.29 is 19.1 Å². The Hall–Kier alpha value is -3.53. The first kappa shape index (κ1) is 21.3. The van der Waals surface area contributed by atoms with Crippen LogP contribution in [0.25, 0.3) is 0 Å². The van der Waals surface area contributed by atoms with Gasteiger partial charge in [0, 0.05) is 7.05 Å². The van der Waals surface area contributed by atoms with Crippen LogP contribution in [0.2, 0.25) is 0 Å². The number of anilines is 2. The van der Waals surface area contributed by atoms with E-state index in [0.717, 1.165) is 0 Å². The average molecular weight is 466 g/mol. The van der Waals surface area contributed by atoms with Crippen LogP contribution in [0.1, 0.15) is 25.8 Å². The Labute approximate surface area is 195 Å². The standard InChI is InChI=1S/C23H23N5O4S/c1-23(2)21(30)24-14-8-4-5-9-15(14)28(23)19(29)13-33-22-26-25-20(27(22)3)18-12-31-16-10-6-7-11-17(16)32-18/h4-11,18H,12-13H2,1-3H3,(H,24,30). The minimum Gasteiger partial charge on any atom is -0.485 e. The lowest BCUT2D eigenvalue weighted by molar-refractivity contribution is -0.125. The van der Waals surface area contributed by atoms with Crippen LogP contribution in [0.4, 0.5) is 11.4 Å². The summed E-state index contributed by atoms with van der Waals surface area (Å²) in [7, 11) is 1.83. The van der Waals surface area contributed by atoms with Gasteiger partial charge in [0.25, 0.3) is 0 Å². The summed E-state index contributed by atoms with van der Waals surface area (Å²) in [5.41, 5.74) is 0.283. The predicted molar refractivity (Wildman–Crippen MR) is 124 cm³/mol. The van der Waals surface area contributed by atoms with Gasteiger partial charge in [0.1, 0.15) is 12.1 Å². The van der Waals surface area contributed by atoms with E-state index in [1.807, 2.05) is 54.1 Å². The lowest BCUT2D eigenvalue weighted by Crippen LogP contribution is -2.59. The maximum atomic E-state index is 13.3. The van der Waals surface area contributed by atoms with Crippen LogP contribution in [0, 0.1) is 0 Å². The zero-order valence-electron chi connectivity index (χ0n) is 18.4. The molecule has 3 aromatic rings. The molecular weight excluding hydrogens is 442 g/mol. The van der Waals surface area contributed by atoms with Crippen molar-refractivity contribution in [2.45, 2.75) is 30.6 Å². The number of hydrogen-bond donors (Lipinski definition) is 1. The van der Waals surface area contributed by atoms with Crippen molar-refractivity contribution in [1.29, 1.82) is 0 Å². The molecule has 0 saturated carbocycles. The number of rotatable bonds is 4. The molecule has 0 bridgehead atoms. The molecule has 0 saturated heterocycles.